The van der Waals surface area contributed by atoms with E-state index in [0.29, 0.717) is 0 Å². The van der Waals surface area contributed by atoms with Crippen LogP contribution in [0.4, 0.5) is 0 Å². The summed E-state index contributed by atoms with van der Waals surface area (Å²) in [5.41, 5.74) is 6.42. The van der Waals surface area contributed by atoms with Crippen LogP contribution >= 0.6 is 11.6 Å². The average Bonchev–Trinajstić information content (AvgIpc) is 3.33. The molecule has 14 heteroatoms. The van der Waals surface area contributed by atoms with Gasteiger partial charge in [0.1, 0.15) is 6.61 Å². The fraction of sp³-hybridized carbons (Fsp3) is 0.167. The Bertz CT molecular complexity index is 1810. The van der Waals surface area contributed by atoms with Crippen LogP contribution in [0.15, 0.2) is 112 Å². The van der Waals surface area contributed by atoms with Gasteiger partial charge in [-0.05, 0) is 42.5 Å². The van der Waals surface area contributed by atoms with Crippen LogP contribution in [0.2, 0.25) is 5.02 Å². The highest BCUT2D eigenvalue weighted by atomic mass is 35.5. The van der Waals surface area contributed by atoms with Crippen molar-refractivity contribution in [3.63, 3.8) is 0 Å². The molecule has 0 radical (unpaired) electrons. The van der Waals surface area contributed by atoms with Gasteiger partial charge < -0.3 is 29.6 Å². The van der Waals surface area contributed by atoms with Crippen molar-refractivity contribution in [1.82, 2.24) is 9.55 Å². The van der Waals surface area contributed by atoms with E-state index >= 15 is 0 Å². The zero-order valence-corrected chi connectivity index (χ0v) is 23.3. The number of rotatable bonds is 9. The minimum Gasteiger partial charge on any atom is -0.709 e. The third kappa shape index (κ3) is 6.33. The number of halogens is 1. The first-order valence-electron chi connectivity index (χ1n) is 13.0. The van der Waals surface area contributed by atoms with Crippen molar-refractivity contribution < 1.29 is 33.3 Å². The highest BCUT2D eigenvalue weighted by molar-refractivity contribution is 6.30. The predicted molar refractivity (Wildman–Crippen MR) is 153 cm³/mol. The number of hydrogen-bond donors (Lipinski definition) is 1. The maximum Gasteiger partial charge on any atom is 0.338 e. The zero-order chi connectivity index (χ0) is 31.3. The van der Waals surface area contributed by atoms with Gasteiger partial charge in [0.15, 0.2) is 18.4 Å². The summed E-state index contributed by atoms with van der Waals surface area (Å²) in [5.74, 6) is -2.76. The first-order valence-corrected chi connectivity index (χ1v) is 13.4. The monoisotopic (exact) mass is 617 g/mol. The fourth-order valence-electron chi connectivity index (χ4n) is 4.49. The van der Waals surface area contributed by atoms with Gasteiger partial charge in [-0.25, -0.2) is 19.2 Å². The van der Waals surface area contributed by atoms with E-state index in [1.165, 1.54) is 42.5 Å². The maximum atomic E-state index is 13.3. The van der Waals surface area contributed by atoms with Gasteiger partial charge in [-0.2, -0.15) is 0 Å². The van der Waals surface area contributed by atoms with Crippen molar-refractivity contribution in [3.05, 3.63) is 145 Å². The topological polar surface area (TPSA) is 178 Å². The first kappa shape index (κ1) is 30.1. The summed E-state index contributed by atoms with van der Waals surface area (Å²) in [6.45, 7) is -0.879. The number of benzene rings is 3. The standard InChI is InChI=1S/C30H22ClN4O9/c31-21-13-7-12-20(16-21)26(37)41-17-30(34-32)24(43-28(39)19-10-5-2-6-11-19)23(42-27(38)18-8-3-1-4-9-18)25(44-30)35-15-14-22(36)33-29(35)40/h1-16,23-25H,17H2,(H,33,36,40)/q-1/t23-,24?,25+,30+/m0/s1. The van der Waals surface area contributed by atoms with E-state index in [9.17, 15) is 29.5 Å². The van der Waals surface area contributed by atoms with E-state index in [4.69, 9.17) is 30.5 Å². The lowest BCUT2D eigenvalue weighted by molar-refractivity contribution is -0.129. The molecule has 3 aromatic carbocycles. The Balaban J connectivity index is 1.58. The molecule has 1 aliphatic heterocycles. The summed E-state index contributed by atoms with van der Waals surface area (Å²) in [5, 5.41) is 3.55. The number of aromatic amines is 1. The highest BCUT2D eigenvalue weighted by Crippen LogP contribution is 2.42. The number of nitrogens with one attached hydrogen (secondary N) is 1. The number of hydrogen-bond acceptors (Lipinski definition) is 10. The Morgan fingerprint density at radius 1 is 0.864 bits per heavy atom. The number of aromatic nitrogens is 2. The summed E-state index contributed by atoms with van der Waals surface area (Å²) in [6, 6.07) is 22.3. The van der Waals surface area contributed by atoms with Crippen LogP contribution in [0.1, 0.15) is 37.3 Å². The van der Waals surface area contributed by atoms with Crippen molar-refractivity contribution in [3.8, 4) is 0 Å². The maximum absolute atomic E-state index is 13.3. The van der Waals surface area contributed by atoms with Crippen molar-refractivity contribution in [1.29, 1.82) is 0 Å². The van der Waals surface area contributed by atoms with Gasteiger partial charge in [0.2, 0.25) is 5.72 Å². The quantitative estimate of drug-likeness (QED) is 0.166. The van der Waals surface area contributed by atoms with Gasteiger partial charge in [-0.1, -0.05) is 54.1 Å². The van der Waals surface area contributed by atoms with E-state index < -0.39 is 59.9 Å². The Morgan fingerprint density at radius 2 is 1.48 bits per heavy atom. The van der Waals surface area contributed by atoms with Crippen molar-refractivity contribution >= 4 is 29.5 Å². The third-order valence-electron chi connectivity index (χ3n) is 6.61. The van der Waals surface area contributed by atoms with Crippen LogP contribution in [0.3, 0.4) is 0 Å². The molecule has 2 heterocycles. The number of ether oxygens (including phenoxy) is 4. The molecule has 0 amide bonds. The molecule has 1 unspecified atom stereocenters. The molecule has 224 valence electrons. The van der Waals surface area contributed by atoms with Crippen LogP contribution in [-0.4, -0.2) is 52.0 Å². The number of carbonyl (C=O) groups is 3. The highest BCUT2D eigenvalue weighted by Gasteiger charge is 2.60. The molecule has 1 N–H and O–H groups in total. The molecule has 1 aromatic heterocycles. The summed E-state index contributed by atoms with van der Waals surface area (Å²) < 4.78 is 23.7. The van der Waals surface area contributed by atoms with Crippen molar-refractivity contribution in [2.45, 2.75) is 24.2 Å². The summed E-state index contributed by atoms with van der Waals surface area (Å²) >= 11 is 5.99. The number of nitrogens with zero attached hydrogens (tertiary/aromatic N) is 3. The molecule has 44 heavy (non-hydrogen) atoms. The second-order valence-corrected chi connectivity index (χ2v) is 9.92. The number of carbonyl (C=O) groups excluding carboxylic acids is 3. The lowest BCUT2D eigenvalue weighted by atomic mass is 10.0. The van der Waals surface area contributed by atoms with Crippen LogP contribution in [0, 0.1) is 0 Å². The molecular formula is C30H22ClN4O9-. The molecule has 1 fully saturated rings. The van der Waals surface area contributed by atoms with Gasteiger partial charge in [0.05, 0.1) is 16.7 Å². The minimum atomic E-state index is -2.43. The molecule has 4 atom stereocenters. The average molecular weight is 618 g/mol. The van der Waals surface area contributed by atoms with E-state index in [1.807, 2.05) is 0 Å². The number of H-pyrrole nitrogens is 1. The van der Waals surface area contributed by atoms with Crippen molar-refractivity contribution in [2.24, 2.45) is 5.11 Å². The predicted octanol–water partition coefficient (Wildman–Crippen LogP) is 3.74. The van der Waals surface area contributed by atoms with Crippen LogP contribution in [0.5, 0.6) is 0 Å². The SMILES string of the molecule is [N-]=N[C@]1(COC(=O)c2cccc(Cl)c2)O[C@@H](n2ccc(=O)[nH]c2=O)[C@@H](OC(=O)c2ccccc2)C1OC(=O)c1ccccc1. The summed E-state index contributed by atoms with van der Waals surface area (Å²) in [4.78, 5) is 66.1. The normalized spacial score (nSPS) is 20.8. The van der Waals surface area contributed by atoms with E-state index in [-0.39, 0.29) is 21.7 Å². The van der Waals surface area contributed by atoms with Gasteiger partial charge >= 0.3 is 23.6 Å². The molecule has 0 aliphatic carbocycles. The third-order valence-corrected chi connectivity index (χ3v) is 6.85. The zero-order valence-electron chi connectivity index (χ0n) is 22.6. The first-order chi connectivity index (χ1) is 21.2. The van der Waals surface area contributed by atoms with E-state index in [2.05, 4.69) is 10.1 Å². The van der Waals surface area contributed by atoms with Crippen molar-refractivity contribution in [2.75, 3.05) is 6.61 Å². The molecule has 13 nitrogen and oxygen atoms in total. The molecule has 4 aromatic rings. The van der Waals surface area contributed by atoms with Crippen LogP contribution in [-0.2, 0) is 18.9 Å². The Labute approximate surface area is 253 Å². The molecule has 0 spiro atoms. The molecule has 0 saturated carbocycles. The molecule has 1 aliphatic rings. The lowest BCUT2D eigenvalue weighted by Crippen LogP contribution is -2.49. The minimum absolute atomic E-state index is 0.0434. The largest absolute Gasteiger partial charge is 0.709 e. The molecule has 0 bridgehead atoms. The molecule has 1 saturated heterocycles. The second kappa shape index (κ2) is 12.9. The summed E-state index contributed by atoms with van der Waals surface area (Å²) in [6.07, 6.45) is -4.08. The number of esters is 3. The van der Waals surface area contributed by atoms with Gasteiger partial charge in [0, 0.05) is 17.3 Å². The van der Waals surface area contributed by atoms with Crippen LogP contribution < -0.4 is 11.2 Å². The van der Waals surface area contributed by atoms with Gasteiger partial charge in [0.25, 0.3) is 5.56 Å². The second-order valence-electron chi connectivity index (χ2n) is 9.49. The van der Waals surface area contributed by atoms with Gasteiger partial charge in [-0.3, -0.25) is 14.3 Å². The Kier molecular flexibility index (Phi) is 8.78. The van der Waals surface area contributed by atoms with Gasteiger partial charge in [-0.15, -0.1) is 0 Å². The van der Waals surface area contributed by atoms with E-state index in [0.717, 1.165) is 16.8 Å². The molecule has 5 rings (SSSR count). The smallest absolute Gasteiger partial charge is 0.338 e. The lowest BCUT2D eigenvalue weighted by Gasteiger charge is -2.32. The molecular weight excluding hydrogens is 596 g/mol. The fourth-order valence-corrected chi connectivity index (χ4v) is 4.68. The van der Waals surface area contributed by atoms with Crippen LogP contribution in [0.25, 0.3) is 5.53 Å². The van der Waals surface area contributed by atoms with E-state index in [1.54, 1.807) is 42.5 Å². The Morgan fingerprint density at radius 3 is 2.07 bits per heavy atom. The summed E-state index contributed by atoms with van der Waals surface area (Å²) in [7, 11) is 0. The Hall–Kier alpha value is -5.40.